The van der Waals surface area contributed by atoms with Crippen molar-refractivity contribution < 1.29 is 13.2 Å². The van der Waals surface area contributed by atoms with E-state index in [0.29, 0.717) is 10.7 Å². The molecular formula is C20H26ClN3O3S. The summed E-state index contributed by atoms with van der Waals surface area (Å²) >= 11 is 6.36. The van der Waals surface area contributed by atoms with E-state index in [2.05, 4.69) is 14.9 Å². The van der Waals surface area contributed by atoms with E-state index in [1.54, 1.807) is 12.1 Å². The topological polar surface area (TPSA) is 78.5 Å². The lowest BCUT2D eigenvalue weighted by Crippen LogP contribution is -2.38. The Kier molecular flexibility index (Phi) is 8.00. The van der Waals surface area contributed by atoms with E-state index < -0.39 is 10.0 Å². The van der Waals surface area contributed by atoms with Gasteiger partial charge in [0.05, 0.1) is 4.90 Å². The molecule has 2 aromatic carbocycles. The quantitative estimate of drug-likeness (QED) is 0.645. The minimum absolute atomic E-state index is 0.138. The lowest BCUT2D eigenvalue weighted by atomic mass is 10.1. The first-order chi connectivity index (χ1) is 13.3. The number of sulfonamides is 1. The Morgan fingerprint density at radius 1 is 1.07 bits per heavy atom. The molecule has 0 fully saturated rings. The van der Waals surface area contributed by atoms with Crippen molar-refractivity contribution in [3.63, 3.8) is 0 Å². The highest BCUT2D eigenvalue weighted by Crippen LogP contribution is 2.27. The van der Waals surface area contributed by atoms with Crippen LogP contribution in [-0.4, -0.2) is 38.9 Å². The molecule has 0 aromatic heterocycles. The summed E-state index contributed by atoms with van der Waals surface area (Å²) in [5.74, 6) is -0.212. The number of rotatable bonds is 9. The van der Waals surface area contributed by atoms with E-state index >= 15 is 0 Å². The summed E-state index contributed by atoms with van der Waals surface area (Å²) in [6, 6.07) is 13.4. The Bertz CT molecular complexity index is 897. The largest absolute Gasteiger partial charge is 0.326 e. The van der Waals surface area contributed by atoms with E-state index in [1.165, 1.54) is 19.1 Å². The molecule has 0 saturated heterocycles. The maximum absolute atomic E-state index is 12.7. The van der Waals surface area contributed by atoms with Gasteiger partial charge in [-0.1, -0.05) is 43.6 Å². The maximum Gasteiger partial charge on any atom is 0.240 e. The molecule has 1 atom stereocenters. The minimum atomic E-state index is -3.70. The fraction of sp³-hybridized carbons (Fsp3) is 0.350. The lowest BCUT2D eigenvalue weighted by molar-refractivity contribution is -0.114. The van der Waals surface area contributed by atoms with Gasteiger partial charge in [0, 0.05) is 30.2 Å². The van der Waals surface area contributed by atoms with Crippen molar-refractivity contribution in [2.24, 2.45) is 0 Å². The summed E-state index contributed by atoms with van der Waals surface area (Å²) in [7, 11) is -3.70. The van der Waals surface area contributed by atoms with Gasteiger partial charge < -0.3 is 5.32 Å². The van der Waals surface area contributed by atoms with Crippen LogP contribution in [0.25, 0.3) is 0 Å². The van der Waals surface area contributed by atoms with Crippen molar-refractivity contribution >= 4 is 33.2 Å². The summed E-state index contributed by atoms with van der Waals surface area (Å²) in [6.07, 6.45) is 0. The van der Waals surface area contributed by atoms with Gasteiger partial charge in [-0.15, -0.1) is 0 Å². The Hall–Kier alpha value is -1.93. The van der Waals surface area contributed by atoms with Crippen LogP contribution in [0.5, 0.6) is 0 Å². The molecular weight excluding hydrogens is 398 g/mol. The highest BCUT2D eigenvalue weighted by molar-refractivity contribution is 7.89. The SMILES string of the molecule is CCN(CC)[C@@H](CNS(=O)(=O)c1ccc(NC(C)=O)cc1)c1ccccc1Cl. The Morgan fingerprint density at radius 3 is 2.21 bits per heavy atom. The van der Waals surface area contributed by atoms with Crippen molar-refractivity contribution in [2.45, 2.75) is 31.7 Å². The number of likely N-dealkylation sites (N-methyl/N-ethyl adjacent to an activating group) is 1. The number of anilines is 1. The van der Waals surface area contributed by atoms with Crippen LogP contribution in [0.1, 0.15) is 32.4 Å². The molecule has 0 spiro atoms. The second-order valence-electron chi connectivity index (χ2n) is 6.32. The van der Waals surface area contributed by atoms with E-state index in [-0.39, 0.29) is 23.4 Å². The summed E-state index contributed by atoms with van der Waals surface area (Å²) in [5.41, 5.74) is 1.43. The number of halogens is 1. The average molecular weight is 424 g/mol. The molecule has 2 N–H and O–H groups in total. The van der Waals surface area contributed by atoms with E-state index in [0.717, 1.165) is 18.7 Å². The van der Waals surface area contributed by atoms with Gasteiger partial charge in [-0.3, -0.25) is 9.69 Å². The highest BCUT2D eigenvalue weighted by Gasteiger charge is 2.23. The molecule has 0 radical (unpaired) electrons. The fourth-order valence-electron chi connectivity index (χ4n) is 3.04. The van der Waals surface area contributed by atoms with Crippen molar-refractivity contribution in [1.29, 1.82) is 0 Å². The van der Waals surface area contributed by atoms with E-state index in [9.17, 15) is 13.2 Å². The van der Waals surface area contributed by atoms with Crippen LogP contribution in [0.2, 0.25) is 5.02 Å². The average Bonchev–Trinajstić information content (AvgIpc) is 2.66. The molecule has 0 aliphatic carbocycles. The molecule has 0 aliphatic heterocycles. The smallest absolute Gasteiger partial charge is 0.240 e. The third-order valence-electron chi connectivity index (χ3n) is 4.47. The van der Waals surface area contributed by atoms with E-state index in [4.69, 9.17) is 11.6 Å². The molecule has 6 nitrogen and oxygen atoms in total. The summed E-state index contributed by atoms with van der Waals surface area (Å²) < 4.78 is 28.2. The molecule has 8 heteroatoms. The molecule has 0 bridgehead atoms. The maximum atomic E-state index is 12.7. The predicted octanol–water partition coefficient (Wildman–Crippen LogP) is 3.66. The molecule has 2 rings (SSSR count). The molecule has 2 aromatic rings. The third kappa shape index (κ3) is 5.78. The second kappa shape index (κ2) is 10.0. The molecule has 28 heavy (non-hydrogen) atoms. The predicted molar refractivity (Wildman–Crippen MR) is 113 cm³/mol. The van der Waals surface area contributed by atoms with Gasteiger partial charge in [0.2, 0.25) is 15.9 Å². The summed E-state index contributed by atoms with van der Waals surface area (Å²) in [6.45, 7) is 7.18. The van der Waals surface area contributed by atoms with Crippen LogP contribution in [0.4, 0.5) is 5.69 Å². The van der Waals surface area contributed by atoms with Gasteiger partial charge >= 0.3 is 0 Å². The first-order valence-corrected chi connectivity index (χ1v) is 11.0. The zero-order valence-corrected chi connectivity index (χ0v) is 17.8. The first-order valence-electron chi connectivity index (χ1n) is 9.14. The number of hydrogen-bond acceptors (Lipinski definition) is 4. The van der Waals surface area contributed by atoms with E-state index in [1.807, 2.05) is 38.1 Å². The van der Waals surface area contributed by atoms with Crippen LogP contribution in [-0.2, 0) is 14.8 Å². The highest BCUT2D eigenvalue weighted by atomic mass is 35.5. The number of nitrogens with one attached hydrogen (secondary N) is 2. The summed E-state index contributed by atoms with van der Waals surface area (Å²) in [5, 5.41) is 3.23. The van der Waals surface area contributed by atoms with Crippen LogP contribution >= 0.6 is 11.6 Å². The monoisotopic (exact) mass is 423 g/mol. The van der Waals surface area contributed by atoms with Gasteiger partial charge in [0.15, 0.2) is 0 Å². The zero-order chi connectivity index (χ0) is 20.7. The lowest BCUT2D eigenvalue weighted by Gasteiger charge is -2.30. The number of hydrogen-bond donors (Lipinski definition) is 2. The molecule has 0 heterocycles. The second-order valence-corrected chi connectivity index (χ2v) is 8.49. The number of carbonyl (C=O) groups excluding carboxylic acids is 1. The van der Waals surface area contributed by atoms with Gasteiger partial charge in [-0.05, 0) is 49.0 Å². The molecule has 0 unspecified atom stereocenters. The number of benzene rings is 2. The number of nitrogens with zero attached hydrogens (tertiary/aromatic N) is 1. The molecule has 152 valence electrons. The standard InChI is InChI=1S/C20H26ClN3O3S/c1-4-24(5-2)20(18-8-6-7-9-19(18)21)14-22-28(26,27)17-12-10-16(11-13-17)23-15(3)25/h6-13,20,22H,4-5,14H2,1-3H3,(H,23,25)/t20-/m0/s1. The van der Waals surface area contributed by atoms with Crippen molar-refractivity contribution in [2.75, 3.05) is 25.0 Å². The number of amides is 1. The van der Waals surface area contributed by atoms with Gasteiger partial charge in [-0.2, -0.15) is 0 Å². The molecule has 1 amide bonds. The van der Waals surface area contributed by atoms with Crippen LogP contribution in [0, 0.1) is 0 Å². The molecule has 0 aliphatic rings. The Labute approximate surface area is 171 Å². The van der Waals surface area contributed by atoms with Crippen LogP contribution in [0.3, 0.4) is 0 Å². The normalized spacial score (nSPS) is 12.8. The first kappa shape index (κ1) is 22.4. The molecule has 0 saturated carbocycles. The van der Waals surface area contributed by atoms with Gasteiger partial charge in [0.25, 0.3) is 0 Å². The van der Waals surface area contributed by atoms with Crippen molar-refractivity contribution in [3.05, 3.63) is 59.1 Å². The Morgan fingerprint density at radius 2 is 1.68 bits per heavy atom. The van der Waals surface area contributed by atoms with Gasteiger partial charge in [-0.25, -0.2) is 13.1 Å². The zero-order valence-electron chi connectivity index (χ0n) is 16.3. The van der Waals surface area contributed by atoms with Crippen LogP contribution < -0.4 is 10.0 Å². The summed E-state index contributed by atoms with van der Waals surface area (Å²) in [4.78, 5) is 13.4. The van der Waals surface area contributed by atoms with Crippen molar-refractivity contribution in [3.8, 4) is 0 Å². The van der Waals surface area contributed by atoms with Gasteiger partial charge in [0.1, 0.15) is 0 Å². The number of carbonyl (C=O) groups is 1. The minimum Gasteiger partial charge on any atom is -0.326 e. The van der Waals surface area contributed by atoms with Crippen molar-refractivity contribution in [1.82, 2.24) is 9.62 Å². The third-order valence-corrected chi connectivity index (χ3v) is 6.25. The Balaban J connectivity index is 2.21. The van der Waals surface area contributed by atoms with Crippen LogP contribution in [0.15, 0.2) is 53.4 Å². The fourth-order valence-corrected chi connectivity index (χ4v) is 4.34.